The molecule has 7 nitrogen and oxygen atoms in total. The fraction of sp³-hybridized carbons (Fsp3) is 0.583. The summed E-state index contributed by atoms with van der Waals surface area (Å²) in [5.41, 5.74) is 0.254. The highest BCUT2D eigenvalue weighted by molar-refractivity contribution is 7.89. The Labute approximate surface area is 118 Å². The smallest absolute Gasteiger partial charge is 0.267 e. The van der Waals surface area contributed by atoms with Gasteiger partial charge in [-0.25, -0.2) is 13.6 Å². The van der Waals surface area contributed by atoms with Crippen LogP contribution in [0.5, 0.6) is 0 Å². The van der Waals surface area contributed by atoms with Crippen LogP contribution in [-0.4, -0.2) is 37.2 Å². The number of carbonyl (C=O) groups is 1. The molecule has 0 aromatic carbocycles. The lowest BCUT2D eigenvalue weighted by atomic mass is 10.2. The predicted molar refractivity (Wildman–Crippen MR) is 74.7 cm³/mol. The zero-order valence-corrected chi connectivity index (χ0v) is 12.3. The first-order valence-corrected chi connectivity index (χ1v) is 7.99. The molecule has 114 valence electrons. The minimum atomic E-state index is -3.80. The molecule has 0 saturated carbocycles. The molecule has 1 aromatic rings. The van der Waals surface area contributed by atoms with E-state index in [0.29, 0.717) is 6.54 Å². The maximum absolute atomic E-state index is 11.9. The summed E-state index contributed by atoms with van der Waals surface area (Å²) in [5, 5.41) is 16.4. The van der Waals surface area contributed by atoms with Crippen LogP contribution in [0.1, 0.15) is 36.2 Å². The Morgan fingerprint density at radius 2 is 2.00 bits per heavy atom. The average Bonchev–Trinajstić information content (AvgIpc) is 2.75. The fourth-order valence-corrected chi connectivity index (χ4v) is 2.38. The maximum Gasteiger partial charge on any atom is 0.267 e. The largest absolute Gasteiger partial charge is 0.396 e. The van der Waals surface area contributed by atoms with Gasteiger partial charge >= 0.3 is 0 Å². The highest BCUT2D eigenvalue weighted by atomic mass is 32.2. The van der Waals surface area contributed by atoms with Crippen LogP contribution in [0.2, 0.25) is 0 Å². The van der Waals surface area contributed by atoms with Crippen LogP contribution < -0.4 is 10.5 Å². The number of rotatable bonds is 8. The van der Waals surface area contributed by atoms with Crippen LogP contribution in [0, 0.1) is 0 Å². The standard InChI is InChI=1S/C12H21N3O4S/c1-15-9-10(20(13,18)19)8-11(15)12(17)14-6-4-2-3-5-7-16/h8-9,16H,2-7H2,1H3,(H,14,17)(H2,13,18,19). The number of hydrogen-bond acceptors (Lipinski definition) is 4. The van der Waals surface area contributed by atoms with Gasteiger partial charge in [0.15, 0.2) is 0 Å². The van der Waals surface area contributed by atoms with E-state index in [0.717, 1.165) is 25.7 Å². The van der Waals surface area contributed by atoms with Gasteiger partial charge in [-0.15, -0.1) is 0 Å². The zero-order chi connectivity index (χ0) is 15.2. The Morgan fingerprint density at radius 1 is 1.35 bits per heavy atom. The molecule has 20 heavy (non-hydrogen) atoms. The second kappa shape index (κ2) is 7.41. The summed E-state index contributed by atoms with van der Waals surface area (Å²) in [5.74, 6) is -0.329. The van der Waals surface area contributed by atoms with E-state index in [2.05, 4.69) is 5.32 Å². The van der Waals surface area contributed by atoms with Crippen LogP contribution in [0.3, 0.4) is 0 Å². The molecule has 1 rings (SSSR count). The Balaban J connectivity index is 2.50. The summed E-state index contributed by atoms with van der Waals surface area (Å²) in [6.07, 6.45) is 4.75. The molecule has 8 heteroatoms. The van der Waals surface area contributed by atoms with Crippen molar-refractivity contribution in [2.24, 2.45) is 12.2 Å². The van der Waals surface area contributed by atoms with E-state index < -0.39 is 10.0 Å². The molecule has 0 bridgehead atoms. The first-order valence-electron chi connectivity index (χ1n) is 6.44. The third-order valence-electron chi connectivity index (χ3n) is 2.91. The Morgan fingerprint density at radius 3 is 2.55 bits per heavy atom. The van der Waals surface area contributed by atoms with Gasteiger partial charge in [0.1, 0.15) is 10.6 Å². The minimum absolute atomic E-state index is 0.0758. The van der Waals surface area contributed by atoms with Gasteiger partial charge in [-0.05, 0) is 18.9 Å². The molecule has 0 unspecified atom stereocenters. The first-order chi connectivity index (χ1) is 9.36. The number of hydrogen-bond donors (Lipinski definition) is 3. The summed E-state index contributed by atoms with van der Waals surface area (Å²) >= 11 is 0. The molecule has 0 aliphatic carbocycles. The molecule has 1 amide bonds. The number of aryl methyl sites for hydroxylation is 1. The van der Waals surface area contributed by atoms with Gasteiger partial charge in [0.05, 0.1) is 0 Å². The lowest BCUT2D eigenvalue weighted by Gasteiger charge is -2.05. The molecule has 0 aliphatic heterocycles. The average molecular weight is 303 g/mol. The summed E-state index contributed by atoms with van der Waals surface area (Å²) in [6.45, 7) is 0.701. The fourth-order valence-electron chi connectivity index (χ4n) is 1.80. The van der Waals surface area contributed by atoms with Crippen molar-refractivity contribution >= 4 is 15.9 Å². The molecule has 1 aromatic heterocycles. The van der Waals surface area contributed by atoms with Crippen LogP contribution in [0.4, 0.5) is 0 Å². The third kappa shape index (κ3) is 4.95. The Bertz CT molecular complexity index is 551. The first kappa shape index (κ1) is 16.7. The van der Waals surface area contributed by atoms with Gasteiger partial charge in [-0.1, -0.05) is 12.8 Å². The van der Waals surface area contributed by atoms with E-state index in [-0.39, 0.29) is 23.1 Å². The zero-order valence-electron chi connectivity index (χ0n) is 11.5. The predicted octanol–water partition coefficient (Wildman–Crippen LogP) is -0.0450. The number of nitrogens with zero attached hydrogens (tertiary/aromatic N) is 1. The number of primary sulfonamides is 1. The summed E-state index contributed by atoms with van der Waals surface area (Å²) in [6, 6.07) is 1.26. The number of carbonyl (C=O) groups excluding carboxylic acids is 1. The van der Waals surface area contributed by atoms with Gasteiger partial charge in [-0.3, -0.25) is 4.79 Å². The number of amides is 1. The quantitative estimate of drug-likeness (QED) is 0.584. The van der Waals surface area contributed by atoms with Crippen molar-refractivity contribution in [3.63, 3.8) is 0 Å². The van der Waals surface area contributed by atoms with Gasteiger partial charge in [0, 0.05) is 26.4 Å². The molecule has 0 aliphatic rings. The van der Waals surface area contributed by atoms with Gasteiger partial charge in [-0.2, -0.15) is 0 Å². The van der Waals surface area contributed by atoms with Crippen molar-refractivity contribution in [3.05, 3.63) is 18.0 Å². The van der Waals surface area contributed by atoms with E-state index in [1.54, 1.807) is 7.05 Å². The molecule has 0 fully saturated rings. The number of unbranched alkanes of at least 4 members (excludes halogenated alkanes) is 3. The van der Waals surface area contributed by atoms with E-state index >= 15 is 0 Å². The summed E-state index contributed by atoms with van der Waals surface area (Å²) in [4.78, 5) is 11.8. The number of sulfonamides is 1. The molecule has 0 radical (unpaired) electrons. The molecule has 0 atom stereocenters. The normalized spacial score (nSPS) is 11.6. The second-order valence-corrected chi connectivity index (χ2v) is 6.17. The van der Waals surface area contributed by atoms with Crippen molar-refractivity contribution in [2.45, 2.75) is 30.6 Å². The van der Waals surface area contributed by atoms with Gasteiger partial charge in [0.25, 0.3) is 5.91 Å². The van der Waals surface area contributed by atoms with E-state index in [1.165, 1.54) is 16.8 Å². The molecule has 0 spiro atoms. The second-order valence-electron chi connectivity index (χ2n) is 4.61. The van der Waals surface area contributed by atoms with Crippen LogP contribution in [-0.2, 0) is 17.1 Å². The Kier molecular flexibility index (Phi) is 6.18. The lowest BCUT2D eigenvalue weighted by molar-refractivity contribution is 0.0944. The van der Waals surface area contributed by atoms with E-state index in [4.69, 9.17) is 10.2 Å². The topological polar surface area (TPSA) is 114 Å². The van der Waals surface area contributed by atoms with Crippen molar-refractivity contribution in [3.8, 4) is 0 Å². The molecule has 1 heterocycles. The van der Waals surface area contributed by atoms with E-state index in [9.17, 15) is 13.2 Å². The summed E-state index contributed by atoms with van der Waals surface area (Å²) < 4.78 is 23.8. The molecular formula is C12H21N3O4S. The highest BCUT2D eigenvalue weighted by Gasteiger charge is 2.16. The SMILES string of the molecule is Cn1cc(S(N)(=O)=O)cc1C(=O)NCCCCCCO. The van der Waals surface area contributed by atoms with Crippen LogP contribution >= 0.6 is 0 Å². The van der Waals surface area contributed by atoms with Gasteiger partial charge in [0.2, 0.25) is 10.0 Å². The van der Waals surface area contributed by atoms with Gasteiger partial charge < -0.3 is 15.0 Å². The number of aliphatic hydroxyl groups is 1. The number of nitrogens with two attached hydrogens (primary N) is 1. The monoisotopic (exact) mass is 303 g/mol. The molecular weight excluding hydrogens is 282 g/mol. The maximum atomic E-state index is 11.9. The van der Waals surface area contributed by atoms with Crippen LogP contribution in [0.15, 0.2) is 17.2 Å². The Hall–Kier alpha value is -1.38. The number of nitrogens with one attached hydrogen (secondary N) is 1. The lowest BCUT2D eigenvalue weighted by Crippen LogP contribution is -2.26. The minimum Gasteiger partial charge on any atom is -0.396 e. The van der Waals surface area contributed by atoms with Crippen LogP contribution in [0.25, 0.3) is 0 Å². The number of aliphatic hydroxyl groups excluding tert-OH is 1. The van der Waals surface area contributed by atoms with Crippen molar-refractivity contribution in [2.75, 3.05) is 13.2 Å². The third-order valence-corrected chi connectivity index (χ3v) is 3.79. The number of aromatic nitrogens is 1. The van der Waals surface area contributed by atoms with Crippen molar-refractivity contribution in [1.82, 2.24) is 9.88 Å². The van der Waals surface area contributed by atoms with Crippen molar-refractivity contribution in [1.29, 1.82) is 0 Å². The molecule has 4 N–H and O–H groups in total. The van der Waals surface area contributed by atoms with E-state index in [1.807, 2.05) is 0 Å². The highest BCUT2D eigenvalue weighted by Crippen LogP contribution is 2.11. The molecule has 0 saturated heterocycles. The summed E-state index contributed by atoms with van der Waals surface area (Å²) in [7, 11) is -2.21. The van der Waals surface area contributed by atoms with Crippen molar-refractivity contribution < 1.29 is 18.3 Å².